The number of fused-ring (bicyclic) bond motifs is 4. The lowest BCUT2D eigenvalue weighted by Gasteiger charge is -2.19. The largest absolute Gasteiger partial charge is 0.493 e. The van der Waals surface area contributed by atoms with Crippen molar-refractivity contribution in [3.05, 3.63) is 70.1 Å². The second-order valence-electron chi connectivity index (χ2n) is 11.1. The smallest absolute Gasteiger partial charge is 0.246 e. The molecule has 3 N–H and O–H groups in total. The van der Waals surface area contributed by atoms with E-state index in [9.17, 15) is 14.4 Å². The van der Waals surface area contributed by atoms with Gasteiger partial charge in [0, 0.05) is 25.2 Å². The number of aryl methyl sites for hydroxylation is 2. The number of carbonyl (C=O) groups excluding carboxylic acids is 2. The Morgan fingerprint density at radius 3 is 2.54 bits per heavy atom. The fourth-order valence-corrected chi connectivity index (χ4v) is 6.43. The van der Waals surface area contributed by atoms with Crippen molar-refractivity contribution >= 4 is 46.0 Å². The Labute approximate surface area is 272 Å². The van der Waals surface area contributed by atoms with Gasteiger partial charge in [-0.05, 0) is 84.4 Å². The van der Waals surface area contributed by atoms with Crippen molar-refractivity contribution in [2.24, 2.45) is 7.05 Å². The molecule has 242 valence electrons. The van der Waals surface area contributed by atoms with Crippen LogP contribution in [0.25, 0.3) is 22.2 Å². The van der Waals surface area contributed by atoms with E-state index in [1.165, 1.54) is 6.92 Å². The van der Waals surface area contributed by atoms with Crippen molar-refractivity contribution in [1.82, 2.24) is 14.9 Å². The number of anilines is 2. The van der Waals surface area contributed by atoms with Crippen LogP contribution in [-0.2, 0) is 23.1 Å². The van der Waals surface area contributed by atoms with E-state index < -0.39 is 12.1 Å². The monoisotopic (exact) mass is 645 g/mol. The third kappa shape index (κ3) is 6.62. The van der Waals surface area contributed by atoms with Crippen LogP contribution in [-0.4, -0.2) is 60.7 Å². The average molecular weight is 646 g/mol. The maximum atomic E-state index is 13.9. The molecule has 0 radical (unpaired) electrons. The van der Waals surface area contributed by atoms with Crippen molar-refractivity contribution in [2.75, 3.05) is 44.0 Å². The summed E-state index contributed by atoms with van der Waals surface area (Å²) in [4.78, 5) is 44.1. The van der Waals surface area contributed by atoms with Gasteiger partial charge in [0.1, 0.15) is 6.04 Å². The third-order valence-electron chi connectivity index (χ3n) is 8.17. The van der Waals surface area contributed by atoms with Gasteiger partial charge in [-0.3, -0.25) is 14.4 Å². The molecule has 11 nitrogen and oxygen atoms in total. The van der Waals surface area contributed by atoms with Crippen LogP contribution in [0.2, 0.25) is 0 Å². The molecule has 1 aliphatic carbocycles. The second kappa shape index (κ2) is 14.2. The molecule has 0 fully saturated rings. The first-order chi connectivity index (χ1) is 22.2. The molecule has 2 amide bonds. The molecule has 1 aromatic heterocycles. The third-order valence-corrected chi connectivity index (χ3v) is 8.81. The average Bonchev–Trinajstić information content (AvgIpc) is 3.25. The molecule has 12 heteroatoms. The van der Waals surface area contributed by atoms with Crippen molar-refractivity contribution in [3.63, 3.8) is 0 Å². The van der Waals surface area contributed by atoms with Crippen molar-refractivity contribution in [2.45, 2.75) is 38.3 Å². The van der Waals surface area contributed by atoms with Gasteiger partial charge in [0.05, 0.1) is 50.4 Å². The normalized spacial score (nSPS) is 14.3. The zero-order valence-corrected chi connectivity index (χ0v) is 27.7. The SMILES string of the molecule is COc1cc2c(c(OC)c1OC)-c1ccc(NC(CCSC)C(=O)Nc3ccc4c(c3)ncn4C)c(=O)cc1C(NC(C)=O)CC2. The highest BCUT2D eigenvalue weighted by molar-refractivity contribution is 7.98. The number of nitrogens with zero attached hydrogens (tertiary/aromatic N) is 2. The molecule has 0 bridgehead atoms. The van der Waals surface area contributed by atoms with E-state index in [0.29, 0.717) is 59.1 Å². The lowest BCUT2D eigenvalue weighted by molar-refractivity contribution is -0.120. The lowest BCUT2D eigenvalue weighted by atomic mass is 9.95. The molecule has 0 saturated carbocycles. The molecule has 0 aliphatic heterocycles. The van der Waals surface area contributed by atoms with Crippen molar-refractivity contribution < 1.29 is 23.8 Å². The molecule has 4 aromatic rings. The van der Waals surface area contributed by atoms with Crippen molar-refractivity contribution in [3.8, 4) is 28.4 Å². The maximum Gasteiger partial charge on any atom is 0.246 e. The van der Waals surface area contributed by atoms with Crippen LogP contribution in [0, 0.1) is 0 Å². The summed E-state index contributed by atoms with van der Waals surface area (Å²) in [6.45, 7) is 1.46. The van der Waals surface area contributed by atoms with Gasteiger partial charge in [0.2, 0.25) is 23.0 Å². The van der Waals surface area contributed by atoms with Gasteiger partial charge < -0.3 is 34.7 Å². The van der Waals surface area contributed by atoms with Gasteiger partial charge in [0.25, 0.3) is 0 Å². The highest BCUT2D eigenvalue weighted by Crippen LogP contribution is 2.50. The minimum atomic E-state index is -0.695. The number of hydrogen-bond acceptors (Lipinski definition) is 9. The molecular weight excluding hydrogens is 606 g/mol. The standard InChI is InChI=1S/C34H39N5O6S/c1-19(40)36-24-10-7-20-15-30(43-3)32(44-4)33(45-5)31(20)22-9-11-25(29(41)17-23(22)24)38-26(13-14-46-6)34(42)37-21-8-12-28-27(16-21)35-18-39(28)2/h8-9,11-12,15-18,24,26H,7,10,13-14H2,1-6H3,(H,36,40)(H,37,42)(H,38,41). The molecule has 46 heavy (non-hydrogen) atoms. The minimum Gasteiger partial charge on any atom is -0.493 e. The summed E-state index contributed by atoms with van der Waals surface area (Å²) in [7, 11) is 6.58. The molecule has 5 rings (SSSR count). The summed E-state index contributed by atoms with van der Waals surface area (Å²) < 4.78 is 19.1. The van der Waals surface area contributed by atoms with Crippen LogP contribution in [0.4, 0.5) is 11.4 Å². The second-order valence-corrected chi connectivity index (χ2v) is 12.1. The maximum absolute atomic E-state index is 13.9. The van der Waals surface area contributed by atoms with Gasteiger partial charge in [-0.2, -0.15) is 11.8 Å². The van der Waals surface area contributed by atoms with Gasteiger partial charge in [-0.1, -0.05) is 6.07 Å². The fourth-order valence-electron chi connectivity index (χ4n) is 5.96. The topological polar surface area (TPSA) is 133 Å². The van der Waals surface area contributed by atoms with Gasteiger partial charge in [0.15, 0.2) is 11.5 Å². The van der Waals surface area contributed by atoms with Crippen LogP contribution in [0.5, 0.6) is 17.2 Å². The number of aromatic nitrogens is 2. The van der Waals surface area contributed by atoms with Crippen LogP contribution < -0.4 is 35.6 Å². The fraction of sp³-hybridized carbons (Fsp3) is 0.353. The highest BCUT2D eigenvalue weighted by atomic mass is 32.2. The quantitative estimate of drug-likeness (QED) is 0.208. The molecule has 1 heterocycles. The Morgan fingerprint density at radius 1 is 1.07 bits per heavy atom. The summed E-state index contributed by atoms with van der Waals surface area (Å²) in [5.74, 6) is 1.64. The van der Waals surface area contributed by atoms with E-state index in [2.05, 4.69) is 20.9 Å². The zero-order valence-electron chi connectivity index (χ0n) is 26.9. The Hall–Kier alpha value is -4.71. The Kier molecular flexibility index (Phi) is 10.1. The number of methoxy groups -OCH3 is 3. The summed E-state index contributed by atoms with van der Waals surface area (Å²) in [5, 5.41) is 9.24. The number of nitrogens with one attached hydrogen (secondary N) is 3. The van der Waals surface area contributed by atoms with Crippen LogP contribution in [0.15, 0.2) is 53.6 Å². The summed E-state index contributed by atoms with van der Waals surface area (Å²) in [6.07, 6.45) is 5.32. The number of carbonyl (C=O) groups is 2. The summed E-state index contributed by atoms with van der Waals surface area (Å²) in [5.41, 5.74) is 5.33. The molecular formula is C34H39N5O6S. The van der Waals surface area contributed by atoms with Gasteiger partial charge >= 0.3 is 0 Å². The summed E-state index contributed by atoms with van der Waals surface area (Å²) >= 11 is 1.62. The zero-order chi connectivity index (χ0) is 33.0. The number of amides is 2. The molecule has 0 saturated heterocycles. The Bertz CT molecular complexity index is 1840. The lowest BCUT2D eigenvalue weighted by Crippen LogP contribution is -2.36. The van der Waals surface area contributed by atoms with E-state index in [4.69, 9.17) is 14.2 Å². The first-order valence-electron chi connectivity index (χ1n) is 14.9. The Morgan fingerprint density at radius 2 is 1.85 bits per heavy atom. The molecule has 2 unspecified atom stereocenters. The van der Waals surface area contributed by atoms with Crippen LogP contribution in [0.3, 0.4) is 0 Å². The van der Waals surface area contributed by atoms with Gasteiger partial charge in [-0.15, -0.1) is 0 Å². The van der Waals surface area contributed by atoms with Crippen LogP contribution >= 0.6 is 11.8 Å². The van der Waals surface area contributed by atoms with Gasteiger partial charge in [-0.25, -0.2) is 4.98 Å². The number of hydrogen-bond donors (Lipinski definition) is 3. The van der Waals surface area contributed by atoms with E-state index in [-0.39, 0.29) is 22.9 Å². The molecule has 1 aliphatic rings. The predicted molar refractivity (Wildman–Crippen MR) is 182 cm³/mol. The number of rotatable bonds is 11. The minimum absolute atomic E-state index is 0.209. The van der Waals surface area contributed by atoms with Crippen molar-refractivity contribution in [1.29, 1.82) is 0 Å². The first-order valence-corrected chi connectivity index (χ1v) is 16.3. The highest BCUT2D eigenvalue weighted by Gasteiger charge is 2.30. The van der Waals surface area contributed by atoms with Crippen LogP contribution in [0.1, 0.15) is 36.9 Å². The number of ether oxygens (including phenoxy) is 3. The van der Waals surface area contributed by atoms with E-state index in [1.54, 1.807) is 51.6 Å². The van der Waals surface area contributed by atoms with E-state index >= 15 is 0 Å². The summed E-state index contributed by atoms with van der Waals surface area (Å²) in [6, 6.07) is 11.4. The van der Waals surface area contributed by atoms with E-state index in [0.717, 1.165) is 22.2 Å². The number of imidazole rings is 1. The molecule has 0 spiro atoms. The molecule has 2 atom stereocenters. The first kappa shape index (κ1) is 32.7. The number of thioether (sulfide) groups is 1. The molecule has 3 aromatic carbocycles. The number of benzene rings is 2. The Balaban J connectivity index is 1.57. The van der Waals surface area contributed by atoms with E-state index in [1.807, 2.05) is 48.2 Å². The predicted octanol–water partition coefficient (Wildman–Crippen LogP) is 4.92.